The summed E-state index contributed by atoms with van der Waals surface area (Å²) in [5, 5.41) is 0.451. The second kappa shape index (κ2) is 5.98. The Labute approximate surface area is 112 Å². The molecule has 0 saturated heterocycles. The normalized spacial score (nSPS) is 11.9. The molecule has 3 nitrogen and oxygen atoms in total. The molecule has 92 valence electrons. The van der Waals surface area contributed by atoms with Crippen LogP contribution in [-0.4, -0.2) is 28.9 Å². The summed E-state index contributed by atoms with van der Waals surface area (Å²) in [6.45, 7) is 1.90. The second-order valence-electron chi connectivity index (χ2n) is 3.92. The summed E-state index contributed by atoms with van der Waals surface area (Å²) in [5.41, 5.74) is 5.96. The van der Waals surface area contributed by atoms with Gasteiger partial charge >= 0.3 is 0 Å². The van der Waals surface area contributed by atoms with Crippen molar-refractivity contribution in [2.24, 2.45) is 5.73 Å². The average molecular weight is 271 g/mol. The van der Waals surface area contributed by atoms with Crippen molar-refractivity contribution in [1.29, 1.82) is 0 Å². The van der Waals surface area contributed by atoms with Crippen LogP contribution >= 0.6 is 23.8 Å². The van der Waals surface area contributed by atoms with Gasteiger partial charge < -0.3 is 10.6 Å². The lowest BCUT2D eigenvalue weighted by Crippen LogP contribution is -2.37. The summed E-state index contributed by atoms with van der Waals surface area (Å²) < 4.78 is 0. The quantitative estimate of drug-likeness (QED) is 0.855. The zero-order valence-electron chi connectivity index (χ0n) is 9.81. The summed E-state index contributed by atoms with van der Waals surface area (Å²) >= 11 is 10.8. The number of rotatable bonds is 4. The molecule has 1 atom stereocenters. The molecule has 0 aromatic heterocycles. The van der Waals surface area contributed by atoms with Crippen LogP contribution in [0.2, 0.25) is 5.02 Å². The van der Waals surface area contributed by atoms with Crippen molar-refractivity contribution in [3.05, 3.63) is 34.9 Å². The summed E-state index contributed by atoms with van der Waals surface area (Å²) in [7, 11) is 1.72. The van der Waals surface area contributed by atoms with E-state index in [4.69, 9.17) is 29.6 Å². The Bertz CT molecular complexity index is 436. The Morgan fingerprint density at radius 3 is 2.65 bits per heavy atom. The maximum atomic E-state index is 12.1. The third-order valence-electron chi connectivity index (χ3n) is 2.58. The average Bonchev–Trinajstić information content (AvgIpc) is 2.27. The Kier molecular flexibility index (Phi) is 4.90. The van der Waals surface area contributed by atoms with Gasteiger partial charge in [0.05, 0.1) is 15.6 Å². The van der Waals surface area contributed by atoms with Gasteiger partial charge in [0.1, 0.15) is 0 Å². The molecule has 1 unspecified atom stereocenters. The van der Waals surface area contributed by atoms with E-state index in [1.807, 2.05) is 6.92 Å². The highest BCUT2D eigenvalue weighted by Gasteiger charge is 2.19. The van der Waals surface area contributed by atoms with E-state index in [2.05, 4.69) is 0 Å². The van der Waals surface area contributed by atoms with Crippen molar-refractivity contribution >= 4 is 34.7 Å². The molecule has 1 amide bonds. The third-order valence-corrected chi connectivity index (χ3v) is 3.08. The predicted molar refractivity (Wildman–Crippen MR) is 74.4 cm³/mol. The van der Waals surface area contributed by atoms with E-state index < -0.39 is 0 Å². The Morgan fingerprint density at radius 1 is 1.53 bits per heavy atom. The molecule has 0 radical (unpaired) electrons. The minimum atomic E-state index is -0.126. The molecule has 0 aliphatic heterocycles. The topological polar surface area (TPSA) is 46.3 Å². The van der Waals surface area contributed by atoms with Crippen LogP contribution in [0.3, 0.4) is 0 Å². The van der Waals surface area contributed by atoms with Crippen LogP contribution in [0.5, 0.6) is 0 Å². The standard InChI is InChI=1S/C12H15ClN2OS/c1-8(7-11(14)17)15(2)12(16)9-5-3-4-6-10(9)13/h3-6,8H,7H2,1-2H3,(H2,14,17). The molecular weight excluding hydrogens is 256 g/mol. The molecule has 0 bridgehead atoms. The molecule has 0 aliphatic rings. The van der Waals surface area contributed by atoms with Gasteiger partial charge in [0.25, 0.3) is 5.91 Å². The monoisotopic (exact) mass is 270 g/mol. The van der Waals surface area contributed by atoms with E-state index in [0.29, 0.717) is 22.0 Å². The van der Waals surface area contributed by atoms with Gasteiger partial charge in [-0.2, -0.15) is 0 Å². The van der Waals surface area contributed by atoms with Gasteiger partial charge in [0.2, 0.25) is 0 Å². The Morgan fingerprint density at radius 2 is 2.12 bits per heavy atom. The summed E-state index contributed by atoms with van der Waals surface area (Å²) in [5.74, 6) is -0.126. The Hall–Kier alpha value is -1.13. The van der Waals surface area contributed by atoms with Crippen molar-refractivity contribution in [3.63, 3.8) is 0 Å². The van der Waals surface area contributed by atoms with Crippen LogP contribution in [0, 0.1) is 0 Å². The molecule has 0 aliphatic carbocycles. The molecule has 0 spiro atoms. The molecule has 0 fully saturated rings. The second-order valence-corrected chi connectivity index (χ2v) is 4.85. The van der Waals surface area contributed by atoms with Gasteiger partial charge in [-0.05, 0) is 19.1 Å². The van der Waals surface area contributed by atoms with E-state index in [9.17, 15) is 4.79 Å². The van der Waals surface area contributed by atoms with Gasteiger partial charge in [-0.25, -0.2) is 0 Å². The first kappa shape index (κ1) is 13.9. The van der Waals surface area contributed by atoms with Gasteiger partial charge in [-0.15, -0.1) is 0 Å². The predicted octanol–water partition coefficient (Wildman–Crippen LogP) is 2.48. The molecule has 2 N–H and O–H groups in total. The lowest BCUT2D eigenvalue weighted by molar-refractivity contribution is 0.0748. The number of hydrogen-bond donors (Lipinski definition) is 1. The minimum Gasteiger partial charge on any atom is -0.393 e. The first-order chi connectivity index (χ1) is 7.93. The largest absolute Gasteiger partial charge is 0.393 e. The summed E-state index contributed by atoms with van der Waals surface area (Å²) in [4.78, 5) is 14.1. The molecule has 1 aromatic carbocycles. The number of benzene rings is 1. The van der Waals surface area contributed by atoms with Gasteiger partial charge in [-0.3, -0.25) is 4.79 Å². The van der Waals surface area contributed by atoms with Crippen LogP contribution < -0.4 is 5.73 Å². The van der Waals surface area contributed by atoms with Crippen LogP contribution in [0.4, 0.5) is 0 Å². The fraction of sp³-hybridized carbons (Fsp3) is 0.333. The number of thiocarbonyl (C=S) groups is 1. The van der Waals surface area contributed by atoms with E-state index in [-0.39, 0.29) is 11.9 Å². The van der Waals surface area contributed by atoms with Crippen molar-refractivity contribution in [2.75, 3.05) is 7.05 Å². The summed E-state index contributed by atoms with van der Waals surface area (Å²) in [6, 6.07) is 6.93. The molecule has 1 rings (SSSR count). The number of halogens is 1. The fourth-order valence-electron chi connectivity index (χ4n) is 1.45. The molecule has 0 heterocycles. The zero-order valence-corrected chi connectivity index (χ0v) is 11.4. The highest BCUT2D eigenvalue weighted by Crippen LogP contribution is 2.18. The van der Waals surface area contributed by atoms with E-state index in [0.717, 1.165) is 0 Å². The van der Waals surface area contributed by atoms with Crippen molar-refractivity contribution in [2.45, 2.75) is 19.4 Å². The highest BCUT2D eigenvalue weighted by molar-refractivity contribution is 7.80. The SMILES string of the molecule is CC(CC(N)=S)N(C)C(=O)c1ccccc1Cl. The number of nitrogens with two attached hydrogens (primary N) is 1. The smallest absolute Gasteiger partial charge is 0.255 e. The van der Waals surface area contributed by atoms with Crippen molar-refractivity contribution in [3.8, 4) is 0 Å². The first-order valence-corrected chi connectivity index (χ1v) is 6.02. The lowest BCUT2D eigenvalue weighted by Gasteiger charge is -2.25. The maximum absolute atomic E-state index is 12.1. The number of hydrogen-bond acceptors (Lipinski definition) is 2. The number of carbonyl (C=O) groups excluding carboxylic acids is 1. The maximum Gasteiger partial charge on any atom is 0.255 e. The lowest BCUT2D eigenvalue weighted by atomic mass is 10.1. The first-order valence-electron chi connectivity index (χ1n) is 5.23. The van der Waals surface area contributed by atoms with Gasteiger partial charge in [-0.1, -0.05) is 36.0 Å². The third kappa shape index (κ3) is 3.68. The minimum absolute atomic E-state index is 0.0451. The van der Waals surface area contributed by atoms with Crippen LogP contribution in [0.25, 0.3) is 0 Å². The number of nitrogens with zero attached hydrogens (tertiary/aromatic N) is 1. The molecule has 17 heavy (non-hydrogen) atoms. The van der Waals surface area contributed by atoms with Gasteiger partial charge in [0.15, 0.2) is 0 Å². The number of amides is 1. The van der Waals surface area contributed by atoms with Crippen LogP contribution in [-0.2, 0) is 0 Å². The van der Waals surface area contributed by atoms with Crippen molar-refractivity contribution < 1.29 is 4.79 Å². The zero-order chi connectivity index (χ0) is 13.0. The van der Waals surface area contributed by atoms with Crippen LogP contribution in [0.15, 0.2) is 24.3 Å². The highest BCUT2D eigenvalue weighted by atomic mass is 35.5. The molecule has 0 saturated carbocycles. The van der Waals surface area contributed by atoms with E-state index >= 15 is 0 Å². The molecule has 1 aromatic rings. The summed E-state index contributed by atoms with van der Waals surface area (Å²) in [6.07, 6.45) is 0.502. The van der Waals surface area contributed by atoms with Crippen molar-refractivity contribution in [1.82, 2.24) is 4.90 Å². The Balaban J connectivity index is 2.83. The number of carbonyl (C=O) groups is 1. The van der Waals surface area contributed by atoms with E-state index in [1.165, 1.54) is 0 Å². The molecule has 5 heteroatoms. The van der Waals surface area contributed by atoms with Crippen LogP contribution in [0.1, 0.15) is 23.7 Å². The van der Waals surface area contributed by atoms with E-state index in [1.54, 1.807) is 36.2 Å². The molecular formula is C12H15ClN2OS. The van der Waals surface area contributed by atoms with Gasteiger partial charge in [0, 0.05) is 19.5 Å². The fourth-order valence-corrected chi connectivity index (χ4v) is 1.91.